The number of aliphatic hydroxyl groups is 1. The Kier molecular flexibility index (Phi) is 5.57. The molecule has 3 aromatic carbocycles. The molecule has 5 nitrogen and oxygen atoms in total. The maximum absolute atomic E-state index is 13.5. The molecule has 31 heavy (non-hydrogen) atoms. The summed E-state index contributed by atoms with van der Waals surface area (Å²) in [6.07, 6.45) is 0. The van der Waals surface area contributed by atoms with Gasteiger partial charge in [-0.15, -0.1) is 0 Å². The average molecular weight is 418 g/mol. The van der Waals surface area contributed by atoms with E-state index in [1.54, 1.807) is 24.3 Å². The van der Waals surface area contributed by atoms with E-state index in [2.05, 4.69) is 0 Å². The van der Waals surface area contributed by atoms with E-state index >= 15 is 0 Å². The molecule has 1 unspecified atom stereocenters. The number of halogens is 1. The second-order valence-corrected chi connectivity index (χ2v) is 7.91. The summed E-state index contributed by atoms with van der Waals surface area (Å²) in [5.74, 6) is -2.05. The largest absolute Gasteiger partial charge is 0.507 e. The first-order chi connectivity index (χ1) is 14.9. The molecule has 0 spiro atoms. The van der Waals surface area contributed by atoms with Crippen LogP contribution in [-0.4, -0.2) is 53.8 Å². The summed E-state index contributed by atoms with van der Waals surface area (Å²) in [6, 6.07) is 18.0. The zero-order valence-corrected chi connectivity index (χ0v) is 17.4. The van der Waals surface area contributed by atoms with E-state index in [-0.39, 0.29) is 11.3 Å². The number of carbonyl (C=O) groups excluding carboxylic acids is 2. The van der Waals surface area contributed by atoms with Crippen molar-refractivity contribution in [3.05, 3.63) is 89.2 Å². The number of ketones is 1. The molecule has 0 aromatic heterocycles. The van der Waals surface area contributed by atoms with Crippen molar-refractivity contribution < 1.29 is 19.1 Å². The highest BCUT2D eigenvalue weighted by atomic mass is 19.1. The van der Waals surface area contributed by atoms with Crippen LogP contribution in [0.4, 0.5) is 4.39 Å². The van der Waals surface area contributed by atoms with Gasteiger partial charge in [0, 0.05) is 18.7 Å². The molecule has 1 N–H and O–H groups in total. The number of carbonyl (C=O) groups is 2. The Morgan fingerprint density at radius 3 is 2.35 bits per heavy atom. The standard InChI is InChI=1S/C25H23FN2O3/c1-27(2)13-14-28-22(17-9-11-20(26)12-10-17)21(24(30)25(28)31)23(29)19-8-7-16-5-3-4-6-18(16)15-19/h3-12,15,22,29H,13-14H2,1-2H3/b23-21-. The van der Waals surface area contributed by atoms with E-state index in [9.17, 15) is 19.1 Å². The van der Waals surface area contributed by atoms with Gasteiger partial charge < -0.3 is 14.9 Å². The highest BCUT2D eigenvalue weighted by Gasteiger charge is 2.45. The number of nitrogens with zero attached hydrogens (tertiary/aromatic N) is 2. The zero-order chi connectivity index (χ0) is 22.1. The molecule has 3 aromatic rings. The normalized spacial score (nSPS) is 18.3. The van der Waals surface area contributed by atoms with Crippen molar-refractivity contribution in [1.29, 1.82) is 0 Å². The van der Waals surface area contributed by atoms with Crippen molar-refractivity contribution in [3.63, 3.8) is 0 Å². The van der Waals surface area contributed by atoms with E-state index in [4.69, 9.17) is 0 Å². The monoisotopic (exact) mass is 418 g/mol. The van der Waals surface area contributed by atoms with Crippen LogP contribution in [-0.2, 0) is 9.59 Å². The molecular weight excluding hydrogens is 395 g/mol. The number of fused-ring (bicyclic) bond motifs is 1. The summed E-state index contributed by atoms with van der Waals surface area (Å²) in [6.45, 7) is 0.842. The molecule has 1 amide bonds. The fraction of sp³-hybridized carbons (Fsp3) is 0.200. The van der Waals surface area contributed by atoms with E-state index in [0.29, 0.717) is 24.2 Å². The highest BCUT2D eigenvalue weighted by molar-refractivity contribution is 6.46. The zero-order valence-electron chi connectivity index (χ0n) is 17.4. The van der Waals surface area contributed by atoms with Crippen LogP contribution in [0.15, 0.2) is 72.3 Å². The maximum Gasteiger partial charge on any atom is 0.295 e. The third kappa shape index (κ3) is 3.94. The first-order valence-corrected chi connectivity index (χ1v) is 10.0. The van der Waals surface area contributed by atoms with Crippen LogP contribution in [0.5, 0.6) is 0 Å². The van der Waals surface area contributed by atoms with Gasteiger partial charge in [0.15, 0.2) is 0 Å². The Morgan fingerprint density at radius 1 is 1.00 bits per heavy atom. The number of hydrogen-bond donors (Lipinski definition) is 1. The van der Waals surface area contributed by atoms with Gasteiger partial charge in [0.25, 0.3) is 11.7 Å². The third-order valence-electron chi connectivity index (χ3n) is 5.54. The van der Waals surface area contributed by atoms with E-state index in [1.165, 1.54) is 17.0 Å². The van der Waals surface area contributed by atoms with Gasteiger partial charge in [-0.25, -0.2) is 4.39 Å². The summed E-state index contributed by atoms with van der Waals surface area (Å²) in [4.78, 5) is 29.2. The first-order valence-electron chi connectivity index (χ1n) is 10.0. The molecular formula is C25H23FN2O3. The summed E-state index contributed by atoms with van der Waals surface area (Å²) in [5, 5.41) is 13.1. The SMILES string of the molecule is CN(C)CCN1C(=O)C(=O)/C(=C(\O)c2ccc3ccccc3c2)C1c1ccc(F)cc1. The lowest BCUT2D eigenvalue weighted by molar-refractivity contribution is -0.140. The van der Waals surface area contributed by atoms with Crippen molar-refractivity contribution in [2.75, 3.05) is 27.2 Å². The number of hydrogen-bond acceptors (Lipinski definition) is 4. The molecule has 1 heterocycles. The lowest BCUT2D eigenvalue weighted by Gasteiger charge is -2.26. The van der Waals surface area contributed by atoms with Crippen molar-refractivity contribution in [2.24, 2.45) is 0 Å². The van der Waals surface area contributed by atoms with Gasteiger partial charge in [-0.05, 0) is 48.6 Å². The molecule has 4 rings (SSSR count). The van der Waals surface area contributed by atoms with E-state index < -0.39 is 23.5 Å². The molecule has 1 atom stereocenters. The Morgan fingerprint density at radius 2 is 1.68 bits per heavy atom. The van der Waals surface area contributed by atoms with Crippen molar-refractivity contribution in [3.8, 4) is 0 Å². The fourth-order valence-electron chi connectivity index (χ4n) is 3.90. The molecule has 0 radical (unpaired) electrons. The topological polar surface area (TPSA) is 60.9 Å². The van der Waals surface area contributed by atoms with Crippen molar-refractivity contribution in [1.82, 2.24) is 9.80 Å². The maximum atomic E-state index is 13.5. The van der Waals surface area contributed by atoms with E-state index in [1.807, 2.05) is 49.3 Å². The number of aliphatic hydroxyl groups excluding tert-OH is 1. The number of likely N-dealkylation sites (tertiary alicyclic amines) is 1. The minimum absolute atomic E-state index is 0.0191. The predicted octanol–water partition coefficient (Wildman–Crippen LogP) is 3.96. The predicted molar refractivity (Wildman–Crippen MR) is 118 cm³/mol. The van der Waals surface area contributed by atoms with Crippen LogP contribution in [0, 0.1) is 5.82 Å². The van der Waals surface area contributed by atoms with E-state index in [0.717, 1.165) is 10.8 Å². The molecule has 0 aliphatic carbocycles. The van der Waals surface area contributed by atoms with Gasteiger partial charge in [-0.1, -0.05) is 48.5 Å². The lowest BCUT2D eigenvalue weighted by Crippen LogP contribution is -2.35. The van der Waals surface area contributed by atoms with Crippen molar-refractivity contribution >= 4 is 28.2 Å². The molecule has 1 fully saturated rings. The molecule has 1 aliphatic heterocycles. The van der Waals surface area contributed by atoms with Crippen LogP contribution in [0.1, 0.15) is 17.2 Å². The van der Waals surface area contributed by atoms with Gasteiger partial charge in [0.05, 0.1) is 11.6 Å². The summed E-state index contributed by atoms with van der Waals surface area (Å²) in [5.41, 5.74) is 1.05. The van der Waals surface area contributed by atoms with Gasteiger partial charge in [-0.3, -0.25) is 9.59 Å². The molecule has 1 saturated heterocycles. The smallest absolute Gasteiger partial charge is 0.295 e. The number of amides is 1. The Bertz CT molecular complexity index is 1180. The minimum Gasteiger partial charge on any atom is -0.507 e. The number of rotatable bonds is 5. The molecule has 158 valence electrons. The van der Waals surface area contributed by atoms with Crippen LogP contribution in [0.3, 0.4) is 0 Å². The Hall–Kier alpha value is -3.51. The van der Waals surface area contributed by atoms with Gasteiger partial charge in [-0.2, -0.15) is 0 Å². The van der Waals surface area contributed by atoms with Gasteiger partial charge >= 0.3 is 0 Å². The summed E-state index contributed by atoms with van der Waals surface area (Å²) in [7, 11) is 3.75. The third-order valence-corrected chi connectivity index (χ3v) is 5.54. The minimum atomic E-state index is -0.785. The molecule has 0 saturated carbocycles. The number of Topliss-reactive ketones (excluding diaryl/α,β-unsaturated/α-hetero) is 1. The van der Waals surface area contributed by atoms with Crippen LogP contribution >= 0.6 is 0 Å². The average Bonchev–Trinajstić information content (AvgIpc) is 3.02. The Balaban J connectivity index is 1.86. The van der Waals surface area contributed by atoms with Crippen LogP contribution < -0.4 is 0 Å². The number of likely N-dealkylation sites (N-methyl/N-ethyl adjacent to an activating group) is 1. The van der Waals surface area contributed by atoms with Gasteiger partial charge in [0.2, 0.25) is 0 Å². The summed E-state index contributed by atoms with van der Waals surface area (Å²) < 4.78 is 13.5. The number of benzene rings is 3. The Labute approximate surface area is 180 Å². The first kappa shape index (κ1) is 20.8. The second kappa shape index (κ2) is 8.32. The molecule has 6 heteroatoms. The van der Waals surface area contributed by atoms with Crippen LogP contribution in [0.25, 0.3) is 16.5 Å². The fourth-order valence-corrected chi connectivity index (χ4v) is 3.90. The van der Waals surface area contributed by atoms with Crippen molar-refractivity contribution in [2.45, 2.75) is 6.04 Å². The highest BCUT2D eigenvalue weighted by Crippen LogP contribution is 2.39. The quantitative estimate of drug-likeness (QED) is 0.387. The molecule has 1 aliphatic rings. The lowest BCUT2D eigenvalue weighted by atomic mass is 9.94. The second-order valence-electron chi connectivity index (χ2n) is 7.91. The van der Waals surface area contributed by atoms with Crippen LogP contribution in [0.2, 0.25) is 0 Å². The molecule has 0 bridgehead atoms. The summed E-state index contributed by atoms with van der Waals surface area (Å²) >= 11 is 0. The van der Waals surface area contributed by atoms with Gasteiger partial charge in [0.1, 0.15) is 11.6 Å².